The Bertz CT molecular complexity index is 670. The molecule has 0 N–H and O–H groups in total. The second-order valence-electron chi connectivity index (χ2n) is 4.33. The van der Waals surface area contributed by atoms with Crippen LogP contribution in [0.1, 0.15) is 15.9 Å². The summed E-state index contributed by atoms with van der Waals surface area (Å²) in [6, 6.07) is 15.2. The van der Waals surface area contributed by atoms with Crippen molar-refractivity contribution in [1.82, 2.24) is 0 Å². The van der Waals surface area contributed by atoms with E-state index in [2.05, 4.69) is 22.6 Å². The van der Waals surface area contributed by atoms with Gasteiger partial charge < -0.3 is 4.74 Å². The molecule has 0 atom stereocenters. The number of ketones is 1. The van der Waals surface area contributed by atoms with E-state index < -0.39 is 0 Å². The molecule has 0 aliphatic rings. The van der Waals surface area contributed by atoms with Crippen LogP contribution in [-0.4, -0.2) is 12.9 Å². The number of hydrogen-bond acceptors (Lipinski definition) is 2. The molecule has 2 rings (SSSR count). The van der Waals surface area contributed by atoms with Gasteiger partial charge in [0.05, 0.1) is 7.11 Å². The lowest BCUT2D eigenvalue weighted by molar-refractivity contribution is 0.104. The zero-order valence-electron chi connectivity index (χ0n) is 11.6. The molecule has 21 heavy (non-hydrogen) atoms. The molecule has 3 heteroatoms. The Morgan fingerprint density at radius 3 is 2.48 bits per heavy atom. The summed E-state index contributed by atoms with van der Waals surface area (Å²) in [5.41, 5.74) is 1.67. The van der Waals surface area contributed by atoms with Crippen LogP contribution >= 0.6 is 22.6 Å². The van der Waals surface area contributed by atoms with Gasteiger partial charge in [0.1, 0.15) is 5.75 Å². The molecule has 0 saturated heterocycles. The fourth-order valence-corrected chi connectivity index (χ4v) is 2.18. The van der Waals surface area contributed by atoms with Crippen molar-refractivity contribution in [2.75, 3.05) is 7.11 Å². The molecule has 0 heterocycles. The summed E-state index contributed by atoms with van der Waals surface area (Å²) in [6.07, 6.45) is 7.06. The first-order valence-electron chi connectivity index (χ1n) is 6.48. The van der Waals surface area contributed by atoms with Gasteiger partial charge in [0.2, 0.25) is 0 Å². The second-order valence-corrected chi connectivity index (χ2v) is 5.58. The molecule has 0 saturated carbocycles. The maximum Gasteiger partial charge on any atom is 0.185 e. The molecular weight excluding hydrogens is 375 g/mol. The minimum atomic E-state index is -0.00363. The van der Waals surface area contributed by atoms with Crippen molar-refractivity contribution in [2.45, 2.75) is 0 Å². The number of allylic oxidation sites excluding steroid dienone is 3. The van der Waals surface area contributed by atoms with Crippen molar-refractivity contribution >= 4 is 34.5 Å². The van der Waals surface area contributed by atoms with E-state index in [9.17, 15) is 4.79 Å². The molecule has 106 valence electrons. The first-order valence-corrected chi connectivity index (χ1v) is 7.56. The molecule has 2 aromatic rings. The smallest absolute Gasteiger partial charge is 0.185 e. The lowest BCUT2D eigenvalue weighted by atomic mass is 10.1. The molecule has 2 aromatic carbocycles. The van der Waals surface area contributed by atoms with Crippen LogP contribution in [-0.2, 0) is 0 Å². The van der Waals surface area contributed by atoms with E-state index >= 15 is 0 Å². The summed E-state index contributed by atoms with van der Waals surface area (Å²) in [5, 5.41) is 0. The van der Waals surface area contributed by atoms with Gasteiger partial charge in [-0.1, -0.05) is 48.6 Å². The Labute approximate surface area is 138 Å². The van der Waals surface area contributed by atoms with Gasteiger partial charge in [0, 0.05) is 14.7 Å². The van der Waals surface area contributed by atoms with Crippen molar-refractivity contribution < 1.29 is 9.53 Å². The number of para-hydroxylation sites is 1. The first-order chi connectivity index (χ1) is 10.2. The highest BCUT2D eigenvalue weighted by molar-refractivity contribution is 14.1. The molecule has 0 unspecified atom stereocenters. The van der Waals surface area contributed by atoms with Crippen LogP contribution in [0.3, 0.4) is 0 Å². The van der Waals surface area contributed by atoms with Crippen molar-refractivity contribution in [3.63, 3.8) is 0 Å². The van der Waals surface area contributed by atoms with Crippen molar-refractivity contribution in [3.05, 3.63) is 81.5 Å². The zero-order chi connectivity index (χ0) is 15.1. The van der Waals surface area contributed by atoms with Crippen LogP contribution in [0.15, 0.2) is 66.8 Å². The topological polar surface area (TPSA) is 26.3 Å². The molecule has 0 aromatic heterocycles. The Hall–Kier alpha value is -1.88. The summed E-state index contributed by atoms with van der Waals surface area (Å²) < 4.78 is 6.38. The Morgan fingerprint density at radius 1 is 1.05 bits per heavy atom. The third-order valence-electron chi connectivity index (χ3n) is 2.90. The van der Waals surface area contributed by atoms with E-state index in [0.29, 0.717) is 5.56 Å². The van der Waals surface area contributed by atoms with Crippen LogP contribution in [0, 0.1) is 3.57 Å². The largest absolute Gasteiger partial charge is 0.496 e. The molecular formula is C18H15IO2. The minimum absolute atomic E-state index is 0.00363. The first kappa shape index (κ1) is 15.5. The number of rotatable bonds is 5. The van der Waals surface area contributed by atoms with E-state index in [1.54, 1.807) is 19.3 Å². The predicted octanol–water partition coefficient (Wildman–Crippen LogP) is 4.75. The number of hydrogen-bond donors (Lipinski definition) is 0. The zero-order valence-corrected chi connectivity index (χ0v) is 13.8. The Morgan fingerprint density at radius 2 is 1.76 bits per heavy atom. The highest BCUT2D eigenvalue weighted by Crippen LogP contribution is 2.18. The van der Waals surface area contributed by atoms with Gasteiger partial charge in [-0.3, -0.25) is 4.79 Å². The van der Waals surface area contributed by atoms with Crippen molar-refractivity contribution in [3.8, 4) is 5.75 Å². The number of methoxy groups -OCH3 is 1. The highest BCUT2D eigenvalue weighted by Gasteiger charge is 2.00. The van der Waals surface area contributed by atoms with Crippen LogP contribution in [0.2, 0.25) is 0 Å². The number of benzene rings is 2. The summed E-state index contributed by atoms with van der Waals surface area (Å²) in [4.78, 5) is 11.9. The fourth-order valence-electron chi connectivity index (χ4n) is 1.82. The molecule has 2 nitrogen and oxygen atoms in total. The van der Waals surface area contributed by atoms with Gasteiger partial charge >= 0.3 is 0 Å². The Kier molecular flexibility index (Phi) is 5.75. The maximum atomic E-state index is 11.9. The maximum absolute atomic E-state index is 11.9. The third kappa shape index (κ3) is 4.56. The standard InChI is InChI=1S/C18H15IO2/c1-21-18-9-5-3-7-15(18)6-2-4-8-17(20)14-10-12-16(19)13-11-14/h2-13H,1H3/b6-2+,8-4+. The molecule has 0 amide bonds. The van der Waals surface area contributed by atoms with Crippen LogP contribution in [0.4, 0.5) is 0 Å². The number of halogens is 1. The second kappa shape index (κ2) is 7.78. The molecule has 0 aliphatic carbocycles. The molecule has 0 fully saturated rings. The van der Waals surface area contributed by atoms with Gasteiger partial charge in [-0.2, -0.15) is 0 Å². The number of carbonyl (C=O) groups excluding carboxylic acids is 1. The van der Waals surface area contributed by atoms with Gasteiger partial charge in [-0.05, 0) is 46.9 Å². The van der Waals surface area contributed by atoms with E-state index in [1.165, 1.54) is 0 Å². The fraction of sp³-hybridized carbons (Fsp3) is 0.0556. The Balaban J connectivity index is 2.03. The van der Waals surface area contributed by atoms with E-state index in [0.717, 1.165) is 14.9 Å². The number of ether oxygens (including phenoxy) is 1. The predicted molar refractivity (Wildman–Crippen MR) is 94.7 cm³/mol. The van der Waals surface area contributed by atoms with Crippen molar-refractivity contribution in [1.29, 1.82) is 0 Å². The van der Waals surface area contributed by atoms with E-state index in [1.807, 2.05) is 60.7 Å². The minimum Gasteiger partial charge on any atom is -0.496 e. The lowest BCUT2D eigenvalue weighted by Crippen LogP contribution is -1.93. The summed E-state index contributed by atoms with van der Waals surface area (Å²) in [5.74, 6) is 0.808. The van der Waals surface area contributed by atoms with Crippen molar-refractivity contribution in [2.24, 2.45) is 0 Å². The molecule has 0 bridgehead atoms. The third-order valence-corrected chi connectivity index (χ3v) is 3.62. The van der Waals surface area contributed by atoms with Crippen LogP contribution in [0.25, 0.3) is 6.08 Å². The molecule has 0 aliphatic heterocycles. The van der Waals surface area contributed by atoms with E-state index in [-0.39, 0.29) is 5.78 Å². The van der Waals surface area contributed by atoms with Crippen LogP contribution in [0.5, 0.6) is 5.75 Å². The molecule has 0 spiro atoms. The average molecular weight is 390 g/mol. The molecule has 0 radical (unpaired) electrons. The average Bonchev–Trinajstić information content (AvgIpc) is 2.52. The van der Waals surface area contributed by atoms with Gasteiger partial charge in [-0.15, -0.1) is 0 Å². The summed E-state index contributed by atoms with van der Waals surface area (Å²) >= 11 is 2.22. The monoisotopic (exact) mass is 390 g/mol. The SMILES string of the molecule is COc1ccccc1/C=C/C=C/C(=O)c1ccc(I)cc1. The van der Waals surface area contributed by atoms with Gasteiger partial charge in [0.15, 0.2) is 5.78 Å². The lowest BCUT2D eigenvalue weighted by Gasteiger charge is -2.02. The van der Waals surface area contributed by atoms with Gasteiger partial charge in [-0.25, -0.2) is 0 Å². The van der Waals surface area contributed by atoms with Crippen LogP contribution < -0.4 is 4.74 Å². The summed E-state index contributed by atoms with van der Waals surface area (Å²) in [7, 11) is 1.64. The van der Waals surface area contributed by atoms with Gasteiger partial charge in [0.25, 0.3) is 0 Å². The van der Waals surface area contributed by atoms with E-state index in [4.69, 9.17) is 4.74 Å². The normalized spacial score (nSPS) is 11.1. The number of carbonyl (C=O) groups is 1. The quantitative estimate of drug-likeness (QED) is 0.319. The highest BCUT2D eigenvalue weighted by atomic mass is 127. The summed E-state index contributed by atoms with van der Waals surface area (Å²) in [6.45, 7) is 0.